The summed E-state index contributed by atoms with van der Waals surface area (Å²) < 4.78 is 2.07. The molecule has 0 bridgehead atoms. The van der Waals surface area contributed by atoms with Gasteiger partial charge in [-0.2, -0.15) is 0 Å². The normalized spacial score (nSPS) is 14.1. The van der Waals surface area contributed by atoms with E-state index in [4.69, 9.17) is 0 Å². The third-order valence-electron chi connectivity index (χ3n) is 0.736. The summed E-state index contributed by atoms with van der Waals surface area (Å²) in [7, 11) is 0. The highest BCUT2D eigenvalue weighted by Crippen LogP contribution is 2.10. The first-order valence-corrected chi connectivity index (χ1v) is 5.07. The first-order valence-electron chi connectivity index (χ1n) is 2.30. The largest absolute Gasteiger partial charge is 0.0863 e. The Morgan fingerprint density at radius 2 is 2.14 bits per heavy atom. The Kier molecular flexibility index (Phi) is 6.76. The minimum atomic E-state index is 0.800. The molecule has 1 unspecified atom stereocenters. The van der Waals surface area contributed by atoms with Crippen molar-refractivity contribution < 1.29 is 0 Å². The smallest absolute Gasteiger partial charge is 0.0117 e. The van der Waals surface area contributed by atoms with Crippen LogP contribution in [0.2, 0.25) is 0 Å². The number of rotatable bonds is 3. The second kappa shape index (κ2) is 5.59. The topological polar surface area (TPSA) is 0 Å². The number of hydrogen-bond acceptors (Lipinski definition) is 0. The highest BCUT2D eigenvalue weighted by molar-refractivity contribution is 14.1. The van der Waals surface area contributed by atoms with Crippen LogP contribution in [0.1, 0.15) is 12.8 Å². The SMILES string of the molecule is [CH2]CC(I)CCI. The number of hydrogen-bond donors (Lipinski definition) is 0. The molecule has 0 aliphatic carbocycles. The van der Waals surface area contributed by atoms with E-state index in [-0.39, 0.29) is 0 Å². The molecule has 43 valence electrons. The maximum Gasteiger partial charge on any atom is 0.0117 e. The van der Waals surface area contributed by atoms with Crippen LogP contribution in [-0.2, 0) is 0 Å². The number of halogens is 2. The standard InChI is InChI=1S/C5H9I2/c1-2-5(7)3-4-6/h5H,1-4H2. The fourth-order valence-electron chi connectivity index (χ4n) is 0.263. The lowest BCUT2D eigenvalue weighted by Gasteiger charge is -1.99. The summed E-state index contributed by atoms with van der Waals surface area (Å²) in [5, 5.41) is 0. The van der Waals surface area contributed by atoms with Gasteiger partial charge in [0.25, 0.3) is 0 Å². The predicted molar refractivity (Wildman–Crippen MR) is 51.3 cm³/mol. The van der Waals surface area contributed by atoms with E-state index in [0.29, 0.717) is 0 Å². The van der Waals surface area contributed by atoms with Crippen molar-refractivity contribution in [2.75, 3.05) is 4.43 Å². The third kappa shape index (κ3) is 5.33. The molecule has 0 nitrogen and oxygen atoms in total. The lowest BCUT2D eigenvalue weighted by Crippen LogP contribution is -1.93. The average Bonchev–Trinajstić information content (AvgIpc) is 1.68. The molecule has 0 saturated carbocycles. The Labute approximate surface area is 72.7 Å². The predicted octanol–water partition coefficient (Wildman–Crippen LogP) is 2.84. The van der Waals surface area contributed by atoms with Crippen molar-refractivity contribution in [3.8, 4) is 0 Å². The Bertz CT molecular complexity index is 37.1. The van der Waals surface area contributed by atoms with Crippen molar-refractivity contribution in [2.24, 2.45) is 0 Å². The quantitative estimate of drug-likeness (QED) is 0.553. The van der Waals surface area contributed by atoms with Crippen molar-refractivity contribution >= 4 is 45.2 Å². The molecule has 0 fully saturated rings. The summed E-state index contributed by atoms with van der Waals surface area (Å²) in [6, 6.07) is 0. The molecule has 1 atom stereocenters. The van der Waals surface area contributed by atoms with Crippen LogP contribution >= 0.6 is 45.2 Å². The van der Waals surface area contributed by atoms with E-state index in [9.17, 15) is 0 Å². The first-order chi connectivity index (χ1) is 3.31. The van der Waals surface area contributed by atoms with Crippen LogP contribution in [0, 0.1) is 6.92 Å². The average molecular weight is 323 g/mol. The lowest BCUT2D eigenvalue weighted by atomic mass is 10.3. The summed E-state index contributed by atoms with van der Waals surface area (Å²) in [6.07, 6.45) is 2.38. The maximum absolute atomic E-state index is 3.79. The van der Waals surface area contributed by atoms with Crippen LogP contribution in [0.15, 0.2) is 0 Å². The Hall–Kier alpha value is 1.46. The van der Waals surface area contributed by atoms with Crippen molar-refractivity contribution in [3.63, 3.8) is 0 Å². The van der Waals surface area contributed by atoms with E-state index in [2.05, 4.69) is 52.1 Å². The van der Waals surface area contributed by atoms with Gasteiger partial charge < -0.3 is 0 Å². The molecule has 7 heavy (non-hydrogen) atoms. The molecular weight excluding hydrogens is 314 g/mol. The molecule has 0 aliphatic heterocycles. The lowest BCUT2D eigenvalue weighted by molar-refractivity contribution is 0.882. The van der Waals surface area contributed by atoms with Crippen LogP contribution in [0.4, 0.5) is 0 Å². The summed E-state index contributed by atoms with van der Waals surface area (Å²) in [4.78, 5) is 0. The molecule has 2 heteroatoms. The molecule has 0 aromatic carbocycles. The van der Waals surface area contributed by atoms with Gasteiger partial charge >= 0.3 is 0 Å². The molecule has 0 saturated heterocycles. The second-order valence-corrected chi connectivity index (χ2v) is 4.20. The van der Waals surface area contributed by atoms with Crippen LogP contribution < -0.4 is 0 Å². The maximum atomic E-state index is 3.79. The molecular formula is C5H9I2. The third-order valence-corrected chi connectivity index (χ3v) is 2.60. The van der Waals surface area contributed by atoms with Crippen molar-refractivity contribution in [2.45, 2.75) is 16.8 Å². The van der Waals surface area contributed by atoms with Gasteiger partial charge in [-0.3, -0.25) is 0 Å². The highest BCUT2D eigenvalue weighted by atomic mass is 127. The van der Waals surface area contributed by atoms with Crippen LogP contribution in [0.3, 0.4) is 0 Å². The van der Waals surface area contributed by atoms with Crippen LogP contribution in [0.25, 0.3) is 0 Å². The Morgan fingerprint density at radius 3 is 2.29 bits per heavy atom. The van der Waals surface area contributed by atoms with E-state index in [1.54, 1.807) is 0 Å². The molecule has 1 radical (unpaired) electrons. The van der Waals surface area contributed by atoms with Gasteiger partial charge in [-0.05, 0) is 12.8 Å². The van der Waals surface area contributed by atoms with Gasteiger partial charge in [0.2, 0.25) is 0 Å². The summed E-state index contributed by atoms with van der Waals surface area (Å²) in [5.41, 5.74) is 0. The van der Waals surface area contributed by atoms with Gasteiger partial charge in [0.15, 0.2) is 0 Å². The number of alkyl halides is 2. The highest BCUT2D eigenvalue weighted by Gasteiger charge is 1.95. The summed E-state index contributed by atoms with van der Waals surface area (Å²) >= 11 is 4.83. The van der Waals surface area contributed by atoms with Crippen LogP contribution in [-0.4, -0.2) is 8.35 Å². The monoisotopic (exact) mass is 323 g/mol. The van der Waals surface area contributed by atoms with Crippen molar-refractivity contribution in [3.05, 3.63) is 6.92 Å². The van der Waals surface area contributed by atoms with E-state index in [1.165, 1.54) is 10.8 Å². The van der Waals surface area contributed by atoms with Gasteiger partial charge in [-0.1, -0.05) is 52.1 Å². The minimum Gasteiger partial charge on any atom is -0.0863 e. The van der Waals surface area contributed by atoms with Gasteiger partial charge in [0.1, 0.15) is 0 Å². The molecule has 0 spiro atoms. The minimum absolute atomic E-state index is 0.800. The van der Waals surface area contributed by atoms with Crippen molar-refractivity contribution in [1.29, 1.82) is 0 Å². The Morgan fingerprint density at radius 1 is 1.57 bits per heavy atom. The van der Waals surface area contributed by atoms with Gasteiger partial charge in [0.05, 0.1) is 0 Å². The van der Waals surface area contributed by atoms with E-state index >= 15 is 0 Å². The fraction of sp³-hybridized carbons (Fsp3) is 0.800. The van der Waals surface area contributed by atoms with E-state index < -0.39 is 0 Å². The molecule has 0 aromatic rings. The van der Waals surface area contributed by atoms with Crippen LogP contribution in [0.5, 0.6) is 0 Å². The Balaban J connectivity index is 2.83. The van der Waals surface area contributed by atoms with Gasteiger partial charge in [-0.15, -0.1) is 0 Å². The zero-order chi connectivity index (χ0) is 5.70. The molecule has 0 amide bonds. The molecule has 0 rings (SSSR count). The van der Waals surface area contributed by atoms with Crippen molar-refractivity contribution in [1.82, 2.24) is 0 Å². The fourth-order valence-corrected chi connectivity index (χ4v) is 2.52. The zero-order valence-corrected chi connectivity index (χ0v) is 8.48. The molecule has 0 aromatic heterocycles. The zero-order valence-electron chi connectivity index (χ0n) is 4.16. The first kappa shape index (κ1) is 8.46. The molecule has 0 aliphatic rings. The molecule has 0 heterocycles. The summed E-state index contributed by atoms with van der Waals surface area (Å²) in [6.45, 7) is 3.79. The van der Waals surface area contributed by atoms with Gasteiger partial charge in [0, 0.05) is 8.35 Å². The molecule has 0 N–H and O–H groups in total. The second-order valence-electron chi connectivity index (χ2n) is 1.36. The summed E-state index contributed by atoms with van der Waals surface area (Å²) in [5.74, 6) is 0. The van der Waals surface area contributed by atoms with E-state index in [1.807, 2.05) is 0 Å². The van der Waals surface area contributed by atoms with E-state index in [0.717, 1.165) is 10.3 Å². The van der Waals surface area contributed by atoms with Gasteiger partial charge in [-0.25, -0.2) is 0 Å².